The van der Waals surface area contributed by atoms with Crippen LogP contribution in [0.4, 0.5) is 13.6 Å². The second-order valence-electron chi connectivity index (χ2n) is 7.86. The van der Waals surface area contributed by atoms with Gasteiger partial charge in [-0.05, 0) is 45.7 Å². The van der Waals surface area contributed by atoms with Crippen LogP contribution in [-0.4, -0.2) is 35.8 Å². The number of hydrogen-bond acceptors (Lipinski definition) is 4. The summed E-state index contributed by atoms with van der Waals surface area (Å²) in [6.45, 7) is 8.52. The highest BCUT2D eigenvalue weighted by atomic mass is 32.1. The Morgan fingerprint density at radius 2 is 2.20 bits per heavy atom. The number of carbonyl (C=O) groups is 1. The highest BCUT2D eigenvalue weighted by molar-refractivity contribution is 7.12. The van der Waals surface area contributed by atoms with E-state index in [-0.39, 0.29) is 17.0 Å². The average molecular weight is 373 g/mol. The lowest BCUT2D eigenvalue weighted by atomic mass is 9.79. The standard InChI is InChI=1S/C18H25F2NO3S/c1-11-10-18(6-7-21(11)16(22)24-17(2,3)4)12-9-14(15(19)20)25-13(12)5-8-23-18/h9,11,15H,5-8,10H2,1-4H3. The summed E-state index contributed by atoms with van der Waals surface area (Å²) in [4.78, 5) is 15.2. The Hall–Kier alpha value is -1.21. The molecule has 0 radical (unpaired) electrons. The maximum Gasteiger partial charge on any atom is 0.410 e. The van der Waals surface area contributed by atoms with Crippen LogP contribution in [0.15, 0.2) is 6.07 Å². The van der Waals surface area contributed by atoms with Crippen LogP contribution in [0, 0.1) is 0 Å². The van der Waals surface area contributed by atoms with E-state index in [1.54, 1.807) is 11.0 Å². The molecule has 140 valence electrons. The van der Waals surface area contributed by atoms with Gasteiger partial charge in [-0.2, -0.15) is 0 Å². The van der Waals surface area contributed by atoms with Crippen molar-refractivity contribution in [3.05, 3.63) is 21.4 Å². The minimum absolute atomic E-state index is 0.0792. The number of ether oxygens (including phenoxy) is 2. The topological polar surface area (TPSA) is 38.8 Å². The van der Waals surface area contributed by atoms with Gasteiger partial charge in [-0.1, -0.05) is 0 Å². The molecule has 1 amide bonds. The molecule has 2 aliphatic rings. The van der Waals surface area contributed by atoms with E-state index in [0.717, 1.165) is 10.4 Å². The van der Waals surface area contributed by atoms with E-state index in [1.165, 1.54) is 11.3 Å². The molecule has 25 heavy (non-hydrogen) atoms. The maximum absolute atomic E-state index is 13.1. The Labute approximate surface area is 151 Å². The smallest absolute Gasteiger partial charge is 0.410 e. The molecular weight excluding hydrogens is 348 g/mol. The monoisotopic (exact) mass is 373 g/mol. The highest BCUT2D eigenvalue weighted by Gasteiger charge is 2.46. The van der Waals surface area contributed by atoms with Crippen molar-refractivity contribution in [3.63, 3.8) is 0 Å². The number of carbonyl (C=O) groups excluding carboxylic acids is 1. The number of nitrogens with zero attached hydrogens (tertiary/aromatic N) is 1. The van der Waals surface area contributed by atoms with Gasteiger partial charge >= 0.3 is 6.09 Å². The van der Waals surface area contributed by atoms with Gasteiger partial charge < -0.3 is 14.4 Å². The lowest BCUT2D eigenvalue weighted by Gasteiger charge is -2.47. The molecule has 1 fully saturated rings. The Morgan fingerprint density at radius 3 is 2.80 bits per heavy atom. The van der Waals surface area contributed by atoms with E-state index in [2.05, 4.69) is 0 Å². The fourth-order valence-electron chi connectivity index (χ4n) is 3.72. The van der Waals surface area contributed by atoms with Crippen LogP contribution >= 0.6 is 11.3 Å². The van der Waals surface area contributed by atoms with E-state index >= 15 is 0 Å². The number of fused-ring (bicyclic) bond motifs is 2. The first kappa shape index (κ1) is 18.6. The molecule has 1 spiro atoms. The number of rotatable bonds is 1. The summed E-state index contributed by atoms with van der Waals surface area (Å²) >= 11 is 1.19. The van der Waals surface area contributed by atoms with Crippen molar-refractivity contribution in [3.8, 4) is 0 Å². The minimum atomic E-state index is -2.45. The van der Waals surface area contributed by atoms with Crippen LogP contribution in [0.1, 0.15) is 62.3 Å². The molecule has 1 aromatic rings. The van der Waals surface area contributed by atoms with Gasteiger partial charge in [0.25, 0.3) is 6.43 Å². The van der Waals surface area contributed by atoms with Crippen molar-refractivity contribution in [1.29, 1.82) is 0 Å². The van der Waals surface area contributed by atoms with E-state index in [9.17, 15) is 13.6 Å². The largest absolute Gasteiger partial charge is 0.444 e. The van der Waals surface area contributed by atoms with Crippen LogP contribution in [-0.2, 0) is 21.5 Å². The minimum Gasteiger partial charge on any atom is -0.444 e. The number of halogens is 2. The van der Waals surface area contributed by atoms with Crippen LogP contribution in [0.5, 0.6) is 0 Å². The first-order chi connectivity index (χ1) is 11.6. The number of amides is 1. The fraction of sp³-hybridized carbons (Fsp3) is 0.722. The molecular formula is C18H25F2NO3S. The van der Waals surface area contributed by atoms with Crippen molar-refractivity contribution in [2.45, 2.75) is 70.6 Å². The zero-order valence-corrected chi connectivity index (χ0v) is 15.9. The summed E-state index contributed by atoms with van der Waals surface area (Å²) < 4.78 is 37.8. The Bertz CT molecular complexity index is 655. The van der Waals surface area contributed by atoms with Gasteiger partial charge in [-0.3, -0.25) is 0 Å². The second kappa shape index (κ2) is 6.50. The van der Waals surface area contributed by atoms with Crippen molar-refractivity contribution in [2.75, 3.05) is 13.2 Å². The molecule has 3 rings (SSSR count). The van der Waals surface area contributed by atoms with Gasteiger partial charge in [0.05, 0.1) is 17.1 Å². The van der Waals surface area contributed by atoms with E-state index in [1.807, 2.05) is 27.7 Å². The van der Waals surface area contributed by atoms with Gasteiger partial charge in [-0.15, -0.1) is 11.3 Å². The quantitative estimate of drug-likeness (QED) is 0.705. The van der Waals surface area contributed by atoms with Crippen molar-refractivity contribution < 1.29 is 23.0 Å². The van der Waals surface area contributed by atoms with Gasteiger partial charge in [0.15, 0.2) is 0 Å². The first-order valence-corrected chi connectivity index (χ1v) is 9.48. The number of alkyl halides is 2. The molecule has 1 saturated heterocycles. The molecule has 0 saturated carbocycles. The summed E-state index contributed by atoms with van der Waals surface area (Å²) in [6.07, 6.45) is -0.906. The highest BCUT2D eigenvalue weighted by Crippen LogP contribution is 2.47. The van der Waals surface area contributed by atoms with E-state index < -0.39 is 17.6 Å². The summed E-state index contributed by atoms with van der Waals surface area (Å²) in [5, 5.41) is 0. The summed E-state index contributed by atoms with van der Waals surface area (Å²) in [5.74, 6) is 0. The summed E-state index contributed by atoms with van der Waals surface area (Å²) in [5.41, 5.74) is -0.204. The number of piperidine rings is 1. The third kappa shape index (κ3) is 3.67. The number of thiophene rings is 1. The average Bonchev–Trinajstić information content (AvgIpc) is 2.91. The van der Waals surface area contributed by atoms with Gasteiger partial charge in [0.1, 0.15) is 5.60 Å². The molecule has 4 nitrogen and oxygen atoms in total. The zero-order chi connectivity index (χ0) is 18.4. The molecule has 2 unspecified atom stereocenters. The number of hydrogen-bond donors (Lipinski definition) is 0. The molecule has 0 N–H and O–H groups in total. The third-order valence-electron chi connectivity index (χ3n) is 4.78. The van der Waals surface area contributed by atoms with Gasteiger partial charge in [-0.25, -0.2) is 13.6 Å². The van der Waals surface area contributed by atoms with Crippen molar-refractivity contribution in [1.82, 2.24) is 4.90 Å². The van der Waals surface area contributed by atoms with Crippen molar-refractivity contribution in [2.24, 2.45) is 0 Å². The SMILES string of the molecule is CC1CC2(CCN1C(=O)OC(C)(C)C)OCCc1sc(C(F)F)cc12. The van der Waals surface area contributed by atoms with Crippen LogP contribution in [0.2, 0.25) is 0 Å². The molecule has 0 bridgehead atoms. The third-order valence-corrected chi connectivity index (χ3v) is 5.99. The van der Waals surface area contributed by atoms with Crippen molar-refractivity contribution >= 4 is 17.4 Å². The Kier molecular flexibility index (Phi) is 4.83. The second-order valence-corrected chi connectivity index (χ2v) is 9.02. The van der Waals surface area contributed by atoms with Crippen LogP contribution in [0.3, 0.4) is 0 Å². The van der Waals surface area contributed by atoms with E-state index in [0.29, 0.717) is 32.4 Å². The predicted molar refractivity (Wildman–Crippen MR) is 92.2 cm³/mol. The summed E-state index contributed by atoms with van der Waals surface area (Å²) in [6, 6.07) is 1.53. The molecule has 7 heteroatoms. The molecule has 2 aliphatic heterocycles. The van der Waals surface area contributed by atoms with Crippen LogP contribution in [0.25, 0.3) is 0 Å². The first-order valence-electron chi connectivity index (χ1n) is 8.66. The normalized spacial score (nSPS) is 26.8. The maximum atomic E-state index is 13.1. The summed E-state index contributed by atoms with van der Waals surface area (Å²) in [7, 11) is 0. The zero-order valence-electron chi connectivity index (χ0n) is 15.1. The van der Waals surface area contributed by atoms with Crippen LogP contribution < -0.4 is 0 Å². The van der Waals surface area contributed by atoms with Gasteiger partial charge in [0.2, 0.25) is 0 Å². The molecule has 2 atom stereocenters. The Balaban J connectivity index is 1.80. The van der Waals surface area contributed by atoms with Gasteiger partial charge in [0, 0.05) is 30.3 Å². The van der Waals surface area contributed by atoms with E-state index in [4.69, 9.17) is 9.47 Å². The molecule has 3 heterocycles. The Morgan fingerprint density at radius 1 is 1.48 bits per heavy atom. The number of likely N-dealkylation sites (tertiary alicyclic amines) is 1. The fourth-order valence-corrected chi connectivity index (χ4v) is 4.81. The molecule has 0 aliphatic carbocycles. The molecule has 1 aromatic heterocycles. The lowest BCUT2D eigenvalue weighted by Crippen LogP contribution is -2.53. The predicted octanol–water partition coefficient (Wildman–Crippen LogP) is 4.87. The lowest BCUT2D eigenvalue weighted by molar-refractivity contribution is -0.110. The molecule has 0 aromatic carbocycles.